The number of hydrogen-bond donors (Lipinski definition) is 0. The molecular weight excluding hydrogens is 748 g/mol. The van der Waals surface area contributed by atoms with E-state index in [-0.39, 0.29) is 28.3 Å². The summed E-state index contributed by atoms with van der Waals surface area (Å²) in [7, 11) is 5.93. The van der Waals surface area contributed by atoms with E-state index in [1.165, 1.54) is 30.0 Å². The Morgan fingerprint density at radius 1 is 1.04 bits per heavy atom. The van der Waals surface area contributed by atoms with Crippen molar-refractivity contribution in [2.45, 2.75) is 55.6 Å². The normalized spacial score (nSPS) is 15.8. The summed E-state index contributed by atoms with van der Waals surface area (Å²) in [6.45, 7) is 6.15. The van der Waals surface area contributed by atoms with Crippen LogP contribution >= 0.6 is 35.0 Å². The van der Waals surface area contributed by atoms with E-state index in [9.17, 15) is 22.4 Å². The summed E-state index contributed by atoms with van der Waals surface area (Å²) in [5, 5.41) is 10.1. The number of likely N-dealkylation sites (tertiary alicyclic amines) is 1. The largest absolute Gasteiger partial charge is 0.542 e. The maximum atomic E-state index is 15.5. The van der Waals surface area contributed by atoms with Crippen LogP contribution in [-0.4, -0.2) is 66.3 Å². The molecule has 0 radical (unpaired) electrons. The summed E-state index contributed by atoms with van der Waals surface area (Å²) < 4.78 is 69.3. The lowest BCUT2D eigenvalue weighted by molar-refractivity contribution is -0.898. The smallest absolute Gasteiger partial charge is 0.430 e. The number of carbonyl (C=O) groups excluding carboxylic acids is 2. The highest BCUT2D eigenvalue weighted by Gasteiger charge is 2.32. The quantitative estimate of drug-likeness (QED) is 0.0695. The Balaban J connectivity index is 0.000000785. The Morgan fingerprint density at radius 2 is 1.69 bits per heavy atom. The Hall–Kier alpha value is -3.65. The Bertz CT molecular complexity index is 1890. The van der Waals surface area contributed by atoms with Crippen molar-refractivity contribution in [3.63, 3.8) is 0 Å². The summed E-state index contributed by atoms with van der Waals surface area (Å²) in [6.07, 6.45) is -0.948. The average Bonchev–Trinajstić information content (AvgIpc) is 3.49. The van der Waals surface area contributed by atoms with Crippen molar-refractivity contribution >= 4 is 46.7 Å². The number of ether oxygens (including phenoxy) is 1. The van der Waals surface area contributed by atoms with E-state index in [1.807, 2.05) is 16.7 Å². The van der Waals surface area contributed by atoms with Gasteiger partial charge >= 0.3 is 6.18 Å². The Morgan fingerprint density at radius 3 is 2.27 bits per heavy atom. The summed E-state index contributed by atoms with van der Waals surface area (Å²) in [5.74, 6) is -2.96. The number of halogens is 7. The first-order valence-electron chi connectivity index (χ1n) is 16.2. The van der Waals surface area contributed by atoms with Crippen molar-refractivity contribution in [1.29, 1.82) is 0 Å². The third-order valence-corrected chi connectivity index (χ3v) is 10.6. The number of nitrogens with zero attached hydrogens (tertiary/aromatic N) is 3. The maximum absolute atomic E-state index is 15.5. The van der Waals surface area contributed by atoms with E-state index >= 15 is 4.39 Å². The van der Waals surface area contributed by atoms with Crippen LogP contribution in [-0.2, 0) is 16.0 Å². The SMILES string of the molecule is COc1cc(C(C)(C)c2cnc(SCc3c(F)cc(C(=O)C[C@H]4CCC[N+](C)(C)C4)cc3Cl)n2-c2ccc(F)cc2)ccc1Cl.O=C([O-])C(F)(F)F. The second kappa shape index (κ2) is 16.6. The fourth-order valence-corrected chi connectivity index (χ4v) is 7.76. The first-order chi connectivity index (χ1) is 24.2. The van der Waals surface area contributed by atoms with Crippen molar-refractivity contribution in [2.75, 3.05) is 34.3 Å². The molecule has 3 aromatic carbocycles. The maximum Gasteiger partial charge on any atom is 0.430 e. The van der Waals surface area contributed by atoms with Crippen LogP contribution in [0.2, 0.25) is 10.0 Å². The lowest BCUT2D eigenvalue weighted by Crippen LogP contribution is -2.47. The van der Waals surface area contributed by atoms with Crippen molar-refractivity contribution < 1.29 is 45.9 Å². The standard InChI is InChI=1S/C35H38Cl2F2N3O2S.C2HF3O2/c1-35(2,24-8-13-28(36)32(18-24)44-5)33-19-40-34(41(33)26-11-9-25(38)10-12-26)45-21-27-29(37)16-23(17-30(27)39)31(43)15-22-7-6-14-42(3,4)20-22;3-2(4,5)1(6)7/h8-13,16-19,22H,6-7,14-15,20-21H2,1-5H3;(H,6,7)/q+1;/p-1/t22-;/m1./s1. The van der Waals surface area contributed by atoms with E-state index in [0.717, 1.165) is 41.7 Å². The van der Waals surface area contributed by atoms with Crippen LogP contribution in [0.15, 0.2) is 66.0 Å². The number of aliphatic carboxylic acids is 1. The molecular formula is C37H38Cl2F5N3O4S. The van der Waals surface area contributed by atoms with Gasteiger partial charge in [0.25, 0.3) is 0 Å². The van der Waals surface area contributed by atoms with Gasteiger partial charge in [-0.15, -0.1) is 0 Å². The predicted molar refractivity (Wildman–Crippen MR) is 189 cm³/mol. The van der Waals surface area contributed by atoms with Gasteiger partial charge < -0.3 is 19.1 Å². The molecule has 1 aromatic heterocycles. The summed E-state index contributed by atoms with van der Waals surface area (Å²) in [5.41, 5.74) is 2.50. The van der Waals surface area contributed by atoms with Gasteiger partial charge in [0.15, 0.2) is 10.9 Å². The van der Waals surface area contributed by atoms with E-state index in [1.54, 1.807) is 37.6 Å². The number of imidazole rings is 1. The van der Waals surface area contributed by atoms with Gasteiger partial charge in [0, 0.05) is 45.3 Å². The van der Waals surface area contributed by atoms with Gasteiger partial charge in [-0.3, -0.25) is 9.36 Å². The molecule has 0 N–H and O–H groups in total. The van der Waals surface area contributed by atoms with E-state index < -0.39 is 23.4 Å². The number of hydrogen-bond acceptors (Lipinski definition) is 6. The molecule has 1 aliphatic heterocycles. The number of quaternary nitrogens is 1. The van der Waals surface area contributed by atoms with Crippen LogP contribution in [0.3, 0.4) is 0 Å². The number of alkyl halides is 3. The molecule has 2 heterocycles. The molecule has 0 saturated carbocycles. The van der Waals surface area contributed by atoms with E-state index in [2.05, 4.69) is 27.9 Å². The second-order valence-electron chi connectivity index (χ2n) is 13.7. The molecule has 52 heavy (non-hydrogen) atoms. The van der Waals surface area contributed by atoms with Gasteiger partial charge in [-0.1, -0.05) is 54.9 Å². The lowest BCUT2D eigenvalue weighted by Gasteiger charge is -2.37. The number of benzene rings is 3. The molecule has 0 spiro atoms. The number of methoxy groups -OCH3 is 1. The number of carbonyl (C=O) groups is 2. The van der Waals surface area contributed by atoms with Crippen molar-refractivity contribution in [1.82, 2.24) is 9.55 Å². The zero-order chi connectivity index (χ0) is 38.6. The van der Waals surface area contributed by atoms with Crippen molar-refractivity contribution in [2.24, 2.45) is 5.92 Å². The highest BCUT2D eigenvalue weighted by Crippen LogP contribution is 2.40. The molecule has 1 aliphatic rings. The Labute approximate surface area is 313 Å². The fraction of sp³-hybridized carbons (Fsp3) is 0.378. The highest BCUT2D eigenvalue weighted by molar-refractivity contribution is 7.98. The molecule has 7 nitrogen and oxygen atoms in total. The number of carboxylic acids is 1. The van der Waals surface area contributed by atoms with Crippen molar-refractivity contribution in [3.8, 4) is 11.4 Å². The van der Waals surface area contributed by atoms with Gasteiger partial charge in [0.2, 0.25) is 0 Å². The second-order valence-corrected chi connectivity index (χ2v) is 15.4. The molecule has 0 bridgehead atoms. The minimum Gasteiger partial charge on any atom is -0.542 e. The molecule has 1 saturated heterocycles. The first kappa shape index (κ1) is 41.1. The molecule has 0 amide bonds. The Kier molecular flexibility index (Phi) is 13.1. The van der Waals surface area contributed by atoms with Gasteiger partial charge in [0.05, 0.1) is 51.2 Å². The average molecular weight is 787 g/mol. The third kappa shape index (κ3) is 10.1. The van der Waals surface area contributed by atoms with Crippen LogP contribution < -0.4 is 9.84 Å². The monoisotopic (exact) mass is 785 g/mol. The molecule has 4 aromatic rings. The molecule has 1 atom stereocenters. The van der Waals surface area contributed by atoms with Crippen LogP contribution in [0.5, 0.6) is 5.75 Å². The topological polar surface area (TPSA) is 84.2 Å². The number of rotatable bonds is 10. The van der Waals surface area contributed by atoms with Gasteiger partial charge in [0.1, 0.15) is 23.4 Å². The van der Waals surface area contributed by atoms with Crippen molar-refractivity contribution in [3.05, 3.63) is 105 Å². The number of aromatic nitrogens is 2. The summed E-state index contributed by atoms with van der Waals surface area (Å²) >= 11 is 14.2. The van der Waals surface area contributed by atoms with Crippen LogP contribution in [0, 0.1) is 17.6 Å². The molecule has 0 aliphatic carbocycles. The van der Waals surface area contributed by atoms with E-state index in [0.29, 0.717) is 39.2 Å². The number of carboxylic acid groups (broad SMARTS) is 1. The van der Waals surface area contributed by atoms with Gasteiger partial charge in [-0.05, 0) is 66.9 Å². The first-order valence-corrected chi connectivity index (χ1v) is 17.9. The zero-order valence-electron chi connectivity index (χ0n) is 29.1. The van der Waals surface area contributed by atoms with Crippen LogP contribution in [0.4, 0.5) is 22.0 Å². The molecule has 1 fully saturated rings. The molecule has 280 valence electrons. The number of Topliss-reactive ketones (excluding diaryl/α,β-unsaturated/α-hetero) is 1. The summed E-state index contributed by atoms with van der Waals surface area (Å²) in [6, 6.07) is 14.7. The fourth-order valence-electron chi connectivity index (χ4n) is 6.19. The number of ketones is 1. The predicted octanol–water partition coefficient (Wildman–Crippen LogP) is 8.44. The minimum absolute atomic E-state index is 0.0838. The summed E-state index contributed by atoms with van der Waals surface area (Å²) in [4.78, 5) is 26.6. The van der Waals surface area contributed by atoms with Gasteiger partial charge in [-0.25, -0.2) is 13.8 Å². The minimum atomic E-state index is -5.19. The van der Waals surface area contributed by atoms with Crippen LogP contribution in [0.1, 0.15) is 60.3 Å². The van der Waals surface area contributed by atoms with Gasteiger partial charge in [-0.2, -0.15) is 13.2 Å². The molecule has 0 unspecified atom stereocenters. The zero-order valence-corrected chi connectivity index (χ0v) is 31.5. The molecule has 5 rings (SSSR count). The number of piperidine rings is 1. The van der Waals surface area contributed by atoms with Crippen LogP contribution in [0.25, 0.3) is 5.69 Å². The van der Waals surface area contributed by atoms with E-state index in [4.69, 9.17) is 42.8 Å². The highest BCUT2D eigenvalue weighted by atomic mass is 35.5. The lowest BCUT2D eigenvalue weighted by atomic mass is 9.81. The number of thioether (sulfide) groups is 1. The third-order valence-electron chi connectivity index (χ3n) is 8.97. The molecule has 15 heteroatoms.